The van der Waals surface area contributed by atoms with Crippen molar-refractivity contribution in [2.24, 2.45) is 0 Å². The van der Waals surface area contributed by atoms with E-state index in [4.69, 9.17) is 44.0 Å². The van der Waals surface area contributed by atoms with E-state index in [-0.39, 0.29) is 43.4 Å². The van der Waals surface area contributed by atoms with Gasteiger partial charge in [-0.1, -0.05) is 34.8 Å². The van der Waals surface area contributed by atoms with Gasteiger partial charge in [-0.05, 0) is 42.5 Å². The van der Waals surface area contributed by atoms with Crippen molar-refractivity contribution < 1.29 is 28.2 Å². The first-order chi connectivity index (χ1) is 15.2. The SMILES string of the molecule is COc1c(Cl)cc(Cl)cc1/C(O)=C1/C(=O)C(=O)N(c2ccc(F)c(Cl)c2)C1c1ccco1. The Balaban J connectivity index is 1.99. The number of aliphatic hydroxyl groups excluding tert-OH is 1. The Kier molecular flexibility index (Phi) is 5.90. The molecule has 3 aromatic rings. The monoisotopic (exact) mass is 495 g/mol. The fraction of sp³-hybridized carbons (Fsp3) is 0.0909. The molecule has 0 radical (unpaired) electrons. The smallest absolute Gasteiger partial charge is 0.300 e. The second-order valence-corrected chi connectivity index (χ2v) is 8.00. The van der Waals surface area contributed by atoms with Gasteiger partial charge in [-0.2, -0.15) is 0 Å². The summed E-state index contributed by atoms with van der Waals surface area (Å²) >= 11 is 18.1. The number of ether oxygens (including phenoxy) is 1. The van der Waals surface area contributed by atoms with E-state index in [0.29, 0.717) is 0 Å². The van der Waals surface area contributed by atoms with E-state index in [1.54, 1.807) is 6.07 Å². The molecule has 4 rings (SSSR count). The van der Waals surface area contributed by atoms with Crippen LogP contribution in [0.2, 0.25) is 15.1 Å². The standard InChI is InChI=1S/C22H13Cl3FNO5/c1-31-21-12(7-10(23)8-14(21)25)19(28)17-18(16-3-2-6-32-16)27(22(30)20(17)29)11-4-5-15(26)13(24)9-11/h2-9,18,28H,1H3/b19-17-. The van der Waals surface area contributed by atoms with Gasteiger partial charge in [0.2, 0.25) is 0 Å². The lowest BCUT2D eigenvalue weighted by atomic mass is 9.98. The van der Waals surface area contributed by atoms with Crippen molar-refractivity contribution in [3.8, 4) is 5.75 Å². The van der Waals surface area contributed by atoms with Crippen LogP contribution in [0.15, 0.2) is 58.7 Å². The Hall–Kier alpha value is -3.00. The molecule has 1 unspecified atom stereocenters. The highest BCUT2D eigenvalue weighted by Crippen LogP contribution is 2.45. The number of carbonyl (C=O) groups is 2. The number of benzene rings is 2. The van der Waals surface area contributed by atoms with Gasteiger partial charge in [0.05, 0.1) is 34.6 Å². The van der Waals surface area contributed by atoms with Crippen LogP contribution in [-0.4, -0.2) is 23.9 Å². The van der Waals surface area contributed by atoms with Gasteiger partial charge >= 0.3 is 0 Å². The molecule has 2 heterocycles. The molecule has 1 aliphatic heterocycles. The molecule has 1 amide bonds. The second-order valence-electron chi connectivity index (χ2n) is 6.75. The molecule has 1 fully saturated rings. The first-order valence-corrected chi connectivity index (χ1v) is 10.2. The van der Waals surface area contributed by atoms with Gasteiger partial charge in [0.25, 0.3) is 11.7 Å². The molecule has 32 heavy (non-hydrogen) atoms. The Morgan fingerprint density at radius 3 is 2.50 bits per heavy atom. The number of hydrogen-bond donors (Lipinski definition) is 1. The maximum atomic E-state index is 13.7. The van der Waals surface area contributed by atoms with E-state index in [1.807, 2.05) is 0 Å². The normalized spacial score (nSPS) is 17.8. The number of nitrogens with zero attached hydrogens (tertiary/aromatic N) is 1. The Bertz CT molecular complexity index is 1270. The lowest BCUT2D eigenvalue weighted by molar-refractivity contribution is -0.132. The zero-order valence-electron chi connectivity index (χ0n) is 16.2. The van der Waals surface area contributed by atoms with Crippen LogP contribution in [0.4, 0.5) is 10.1 Å². The van der Waals surface area contributed by atoms with E-state index >= 15 is 0 Å². The number of hydrogen-bond acceptors (Lipinski definition) is 5. The largest absolute Gasteiger partial charge is 0.507 e. The molecule has 164 valence electrons. The number of amides is 1. The second kappa shape index (κ2) is 8.50. The first-order valence-electron chi connectivity index (χ1n) is 9.07. The van der Waals surface area contributed by atoms with Crippen LogP contribution >= 0.6 is 34.8 Å². The number of rotatable bonds is 4. The molecular formula is C22H13Cl3FNO5. The van der Waals surface area contributed by atoms with Crippen molar-refractivity contribution in [1.82, 2.24) is 0 Å². The van der Waals surface area contributed by atoms with Gasteiger partial charge in [-0.15, -0.1) is 0 Å². The molecule has 1 atom stereocenters. The molecule has 1 aromatic heterocycles. The summed E-state index contributed by atoms with van der Waals surface area (Å²) < 4.78 is 24.4. The number of aliphatic hydroxyl groups is 1. The summed E-state index contributed by atoms with van der Waals surface area (Å²) in [4.78, 5) is 27.1. The highest BCUT2D eigenvalue weighted by molar-refractivity contribution is 6.52. The number of ketones is 1. The third-order valence-electron chi connectivity index (χ3n) is 4.91. The number of carbonyl (C=O) groups excluding carboxylic acids is 2. The summed E-state index contributed by atoms with van der Waals surface area (Å²) in [5, 5.41) is 11.2. The van der Waals surface area contributed by atoms with Gasteiger partial charge in [-0.3, -0.25) is 14.5 Å². The molecule has 2 aromatic carbocycles. The summed E-state index contributed by atoms with van der Waals surface area (Å²) in [5.41, 5.74) is -0.145. The van der Waals surface area contributed by atoms with Crippen LogP contribution in [0.1, 0.15) is 17.4 Å². The zero-order valence-corrected chi connectivity index (χ0v) is 18.5. The highest BCUT2D eigenvalue weighted by Gasteiger charge is 2.48. The van der Waals surface area contributed by atoms with Gasteiger partial charge in [-0.25, -0.2) is 4.39 Å². The molecule has 1 saturated heterocycles. The minimum Gasteiger partial charge on any atom is -0.507 e. The van der Waals surface area contributed by atoms with Crippen LogP contribution in [0, 0.1) is 5.82 Å². The maximum absolute atomic E-state index is 13.7. The van der Waals surface area contributed by atoms with Crippen LogP contribution in [0.25, 0.3) is 5.76 Å². The third-order valence-corrected chi connectivity index (χ3v) is 5.69. The topological polar surface area (TPSA) is 80.0 Å². The van der Waals surface area contributed by atoms with Crippen molar-refractivity contribution in [2.75, 3.05) is 12.0 Å². The minimum absolute atomic E-state index is 0.0108. The van der Waals surface area contributed by atoms with E-state index in [9.17, 15) is 19.1 Å². The van der Waals surface area contributed by atoms with Crippen LogP contribution in [0.3, 0.4) is 0 Å². The van der Waals surface area contributed by atoms with Crippen LogP contribution in [-0.2, 0) is 9.59 Å². The summed E-state index contributed by atoms with van der Waals surface area (Å²) in [6, 6.07) is 8.23. The molecule has 0 bridgehead atoms. The van der Waals surface area contributed by atoms with Crippen LogP contribution < -0.4 is 9.64 Å². The van der Waals surface area contributed by atoms with Gasteiger partial charge in [0, 0.05) is 10.7 Å². The number of methoxy groups -OCH3 is 1. The predicted octanol–water partition coefficient (Wildman–Crippen LogP) is 6.01. The average Bonchev–Trinajstić information content (AvgIpc) is 3.36. The molecular weight excluding hydrogens is 484 g/mol. The number of furan rings is 1. The Morgan fingerprint density at radius 1 is 1.12 bits per heavy atom. The third kappa shape index (κ3) is 3.62. The molecule has 1 aliphatic rings. The Morgan fingerprint density at radius 2 is 1.88 bits per heavy atom. The van der Waals surface area contributed by atoms with E-state index in [2.05, 4.69) is 0 Å². The number of halogens is 4. The van der Waals surface area contributed by atoms with Gasteiger partial charge in [0.15, 0.2) is 0 Å². The van der Waals surface area contributed by atoms with Gasteiger partial charge < -0.3 is 14.3 Å². The highest BCUT2D eigenvalue weighted by atomic mass is 35.5. The quantitative estimate of drug-likeness (QED) is 0.272. The molecule has 1 N–H and O–H groups in total. The molecule has 6 nitrogen and oxygen atoms in total. The summed E-state index contributed by atoms with van der Waals surface area (Å²) in [5.74, 6) is -2.99. The number of anilines is 1. The molecule has 10 heteroatoms. The maximum Gasteiger partial charge on any atom is 0.300 e. The van der Waals surface area contributed by atoms with Crippen molar-refractivity contribution in [3.05, 3.63) is 86.5 Å². The van der Waals surface area contributed by atoms with E-state index in [1.165, 1.54) is 43.7 Å². The first kappa shape index (κ1) is 22.2. The lowest BCUT2D eigenvalue weighted by Crippen LogP contribution is -2.29. The van der Waals surface area contributed by atoms with Gasteiger partial charge in [0.1, 0.15) is 29.1 Å². The average molecular weight is 497 g/mol. The predicted molar refractivity (Wildman–Crippen MR) is 118 cm³/mol. The van der Waals surface area contributed by atoms with Crippen molar-refractivity contribution >= 4 is 57.9 Å². The van der Waals surface area contributed by atoms with Crippen LogP contribution in [0.5, 0.6) is 5.75 Å². The summed E-state index contributed by atoms with van der Waals surface area (Å²) in [6.07, 6.45) is 1.35. The number of Topliss-reactive ketones (excluding diaryl/α,β-unsaturated/α-hetero) is 1. The van der Waals surface area contributed by atoms with Crippen molar-refractivity contribution in [1.29, 1.82) is 0 Å². The van der Waals surface area contributed by atoms with Crippen molar-refractivity contribution in [2.45, 2.75) is 6.04 Å². The Labute approximate surface area is 196 Å². The molecule has 0 aliphatic carbocycles. The minimum atomic E-state index is -1.17. The fourth-order valence-electron chi connectivity index (χ4n) is 3.54. The summed E-state index contributed by atoms with van der Waals surface area (Å²) in [6.45, 7) is 0. The zero-order chi connectivity index (χ0) is 23.2. The fourth-order valence-corrected chi connectivity index (χ4v) is 4.28. The lowest BCUT2D eigenvalue weighted by Gasteiger charge is -2.23. The molecule has 0 spiro atoms. The van der Waals surface area contributed by atoms with Crippen molar-refractivity contribution in [3.63, 3.8) is 0 Å². The van der Waals surface area contributed by atoms with E-state index in [0.717, 1.165) is 11.0 Å². The molecule has 0 saturated carbocycles. The summed E-state index contributed by atoms with van der Waals surface area (Å²) in [7, 11) is 1.33. The van der Waals surface area contributed by atoms with E-state index < -0.39 is 29.3 Å².